The molecule has 0 aliphatic carbocycles. The van der Waals surface area contributed by atoms with Gasteiger partial charge < -0.3 is 10.2 Å². The Morgan fingerprint density at radius 2 is 1.88 bits per heavy atom. The van der Waals surface area contributed by atoms with Gasteiger partial charge in [0.1, 0.15) is 18.0 Å². The van der Waals surface area contributed by atoms with Crippen molar-refractivity contribution in [1.29, 1.82) is 0 Å². The molecule has 1 saturated heterocycles. The second-order valence-electron chi connectivity index (χ2n) is 7.99. The van der Waals surface area contributed by atoms with E-state index in [1.807, 2.05) is 9.47 Å². The van der Waals surface area contributed by atoms with Crippen LogP contribution >= 0.6 is 11.6 Å². The standard InChI is InChI=1S/C21H23ClF2N8/c22-20-14(15(23)3-4-16(20)24)11-31-7-1-2-17-21(31)28-18(10-26-17)32-13-27-29-19(32)12-30-8-5-25-6-9-30/h3-4,10,13,25H,1-2,5-9,11-12H2. The van der Waals surface area contributed by atoms with E-state index in [0.717, 1.165) is 62.7 Å². The van der Waals surface area contributed by atoms with Crippen molar-refractivity contribution in [1.82, 2.24) is 34.9 Å². The molecule has 1 fully saturated rings. The Kier molecular flexibility index (Phi) is 5.99. The summed E-state index contributed by atoms with van der Waals surface area (Å²) in [5, 5.41) is 11.5. The molecule has 0 atom stereocenters. The van der Waals surface area contributed by atoms with Crippen molar-refractivity contribution in [3.63, 3.8) is 0 Å². The van der Waals surface area contributed by atoms with Gasteiger partial charge in [0.2, 0.25) is 0 Å². The molecule has 2 aromatic heterocycles. The number of nitrogens with one attached hydrogen (secondary N) is 1. The van der Waals surface area contributed by atoms with Crippen LogP contribution < -0.4 is 10.2 Å². The van der Waals surface area contributed by atoms with Crippen molar-refractivity contribution in [2.75, 3.05) is 37.6 Å². The Labute approximate surface area is 189 Å². The van der Waals surface area contributed by atoms with E-state index in [9.17, 15) is 8.78 Å². The molecule has 0 bridgehead atoms. The van der Waals surface area contributed by atoms with Crippen LogP contribution in [0.4, 0.5) is 14.6 Å². The summed E-state index contributed by atoms with van der Waals surface area (Å²) in [5.74, 6) is 0.849. The van der Waals surface area contributed by atoms with Crippen molar-refractivity contribution < 1.29 is 8.78 Å². The maximum absolute atomic E-state index is 14.4. The summed E-state index contributed by atoms with van der Waals surface area (Å²) >= 11 is 6.06. The molecular formula is C21H23ClF2N8. The van der Waals surface area contributed by atoms with Gasteiger partial charge in [0.05, 0.1) is 23.5 Å². The highest BCUT2D eigenvalue weighted by Gasteiger charge is 2.24. The SMILES string of the molecule is Fc1ccc(F)c(CN2CCCc3ncc(-n4cnnc4CN4CCNCC4)nc32)c1Cl. The summed E-state index contributed by atoms with van der Waals surface area (Å²) in [4.78, 5) is 13.6. The molecule has 2 aliphatic rings. The molecule has 8 nitrogen and oxygen atoms in total. The summed E-state index contributed by atoms with van der Waals surface area (Å²) in [7, 11) is 0. The topological polar surface area (TPSA) is 75.0 Å². The highest BCUT2D eigenvalue weighted by molar-refractivity contribution is 6.31. The number of hydrogen-bond donors (Lipinski definition) is 1. The van der Waals surface area contributed by atoms with Crippen LogP contribution in [0.1, 0.15) is 23.5 Å². The molecule has 2 aliphatic heterocycles. The fraction of sp³-hybridized carbons (Fsp3) is 0.429. The van der Waals surface area contributed by atoms with E-state index < -0.39 is 11.6 Å². The molecule has 1 aromatic carbocycles. The lowest BCUT2D eigenvalue weighted by Crippen LogP contribution is -2.43. The molecule has 0 saturated carbocycles. The first-order chi connectivity index (χ1) is 15.6. The lowest BCUT2D eigenvalue weighted by Gasteiger charge is -2.30. The summed E-state index contributed by atoms with van der Waals surface area (Å²) in [5.41, 5.74) is 0.945. The van der Waals surface area contributed by atoms with Crippen LogP contribution in [0.25, 0.3) is 5.82 Å². The van der Waals surface area contributed by atoms with E-state index in [-0.39, 0.29) is 17.1 Å². The van der Waals surface area contributed by atoms with Crippen molar-refractivity contribution in [3.05, 3.63) is 58.4 Å². The predicted molar refractivity (Wildman–Crippen MR) is 116 cm³/mol. The zero-order chi connectivity index (χ0) is 22.1. The number of hydrogen-bond acceptors (Lipinski definition) is 7. The number of aromatic nitrogens is 5. The number of halogens is 3. The van der Waals surface area contributed by atoms with Crippen molar-refractivity contribution in [3.8, 4) is 5.82 Å². The first-order valence-electron chi connectivity index (χ1n) is 10.7. The van der Waals surface area contributed by atoms with Crippen LogP contribution in [-0.4, -0.2) is 62.4 Å². The zero-order valence-corrected chi connectivity index (χ0v) is 18.2. The number of fused-ring (bicyclic) bond motifs is 1. The smallest absolute Gasteiger partial charge is 0.160 e. The van der Waals surface area contributed by atoms with Gasteiger partial charge in [-0.15, -0.1) is 10.2 Å². The highest BCUT2D eigenvalue weighted by Crippen LogP contribution is 2.30. The van der Waals surface area contributed by atoms with Crippen molar-refractivity contribution in [2.45, 2.75) is 25.9 Å². The summed E-state index contributed by atoms with van der Waals surface area (Å²) < 4.78 is 30.2. The Balaban J connectivity index is 1.44. The Bertz CT molecular complexity index is 1120. The van der Waals surface area contributed by atoms with Crippen LogP contribution in [0.5, 0.6) is 0 Å². The minimum Gasteiger partial charge on any atom is -0.351 e. The fourth-order valence-corrected chi connectivity index (χ4v) is 4.38. The molecule has 0 radical (unpaired) electrons. The van der Waals surface area contributed by atoms with Gasteiger partial charge in [-0.05, 0) is 25.0 Å². The minimum atomic E-state index is -0.637. The van der Waals surface area contributed by atoms with Gasteiger partial charge in [0.25, 0.3) is 0 Å². The highest BCUT2D eigenvalue weighted by atomic mass is 35.5. The number of aryl methyl sites for hydroxylation is 1. The van der Waals surface area contributed by atoms with Crippen molar-refractivity contribution in [2.24, 2.45) is 0 Å². The number of benzene rings is 1. The third kappa shape index (κ3) is 4.17. The van der Waals surface area contributed by atoms with E-state index in [4.69, 9.17) is 16.6 Å². The Hall–Kier alpha value is -2.69. The predicted octanol–water partition coefficient (Wildman–Crippen LogP) is 2.35. The fourth-order valence-electron chi connectivity index (χ4n) is 4.17. The number of rotatable bonds is 5. The molecule has 11 heteroatoms. The number of piperazine rings is 1. The van der Waals surface area contributed by atoms with E-state index in [2.05, 4.69) is 25.4 Å². The third-order valence-electron chi connectivity index (χ3n) is 5.88. The van der Waals surface area contributed by atoms with Crippen LogP contribution in [-0.2, 0) is 19.5 Å². The van der Waals surface area contributed by atoms with E-state index in [0.29, 0.717) is 24.7 Å². The number of anilines is 1. The third-order valence-corrected chi connectivity index (χ3v) is 6.29. The molecule has 1 N–H and O–H groups in total. The summed E-state index contributed by atoms with van der Waals surface area (Å²) in [6.45, 7) is 5.19. The second-order valence-corrected chi connectivity index (χ2v) is 8.37. The second kappa shape index (κ2) is 9.05. The van der Waals surface area contributed by atoms with Gasteiger partial charge >= 0.3 is 0 Å². The van der Waals surface area contributed by atoms with Crippen LogP contribution in [0.2, 0.25) is 5.02 Å². The normalized spacial score (nSPS) is 16.9. The molecule has 0 spiro atoms. The molecular weight excluding hydrogens is 438 g/mol. The summed E-state index contributed by atoms with van der Waals surface area (Å²) in [6.07, 6.45) is 4.96. The Morgan fingerprint density at radius 1 is 1.06 bits per heavy atom. The van der Waals surface area contributed by atoms with Gasteiger partial charge in [-0.1, -0.05) is 11.6 Å². The van der Waals surface area contributed by atoms with Crippen LogP contribution in [0.15, 0.2) is 24.7 Å². The lowest BCUT2D eigenvalue weighted by molar-refractivity contribution is 0.226. The van der Waals surface area contributed by atoms with Gasteiger partial charge in [0, 0.05) is 44.8 Å². The lowest BCUT2D eigenvalue weighted by atomic mass is 10.1. The van der Waals surface area contributed by atoms with Gasteiger partial charge in [-0.25, -0.2) is 13.8 Å². The van der Waals surface area contributed by atoms with Crippen LogP contribution in [0, 0.1) is 11.6 Å². The first kappa shape index (κ1) is 21.2. The Morgan fingerprint density at radius 3 is 2.72 bits per heavy atom. The maximum atomic E-state index is 14.4. The average Bonchev–Trinajstić information content (AvgIpc) is 3.28. The first-order valence-corrected chi connectivity index (χ1v) is 11.0. The average molecular weight is 461 g/mol. The molecule has 168 valence electrons. The van der Waals surface area contributed by atoms with Crippen molar-refractivity contribution >= 4 is 17.4 Å². The number of nitrogens with zero attached hydrogens (tertiary/aromatic N) is 7. The van der Waals surface area contributed by atoms with Gasteiger partial charge in [0.15, 0.2) is 17.5 Å². The van der Waals surface area contributed by atoms with E-state index in [1.165, 1.54) is 0 Å². The molecule has 5 rings (SSSR count). The molecule has 0 unspecified atom stereocenters. The summed E-state index contributed by atoms with van der Waals surface area (Å²) in [6, 6.07) is 2.14. The molecule has 4 heterocycles. The van der Waals surface area contributed by atoms with Crippen LogP contribution in [0.3, 0.4) is 0 Å². The molecule has 0 amide bonds. The molecule has 32 heavy (non-hydrogen) atoms. The maximum Gasteiger partial charge on any atom is 0.160 e. The monoisotopic (exact) mass is 460 g/mol. The minimum absolute atomic E-state index is 0.114. The molecule has 3 aromatic rings. The quantitative estimate of drug-likeness (QED) is 0.586. The largest absolute Gasteiger partial charge is 0.351 e. The van der Waals surface area contributed by atoms with E-state index >= 15 is 0 Å². The van der Waals surface area contributed by atoms with Gasteiger partial charge in [-0.2, -0.15) is 0 Å². The van der Waals surface area contributed by atoms with Gasteiger partial charge in [-0.3, -0.25) is 14.5 Å². The van der Waals surface area contributed by atoms with E-state index in [1.54, 1.807) is 12.5 Å². The zero-order valence-electron chi connectivity index (χ0n) is 17.4.